The third kappa shape index (κ3) is 4.69. The Morgan fingerprint density at radius 2 is 1.68 bits per heavy atom. The van der Waals surface area contributed by atoms with Crippen LogP contribution in [-0.4, -0.2) is 38.9 Å². The zero-order valence-electron chi connectivity index (χ0n) is 15.7. The van der Waals surface area contributed by atoms with E-state index in [0.717, 1.165) is 0 Å². The number of hydrogen-bond donors (Lipinski definition) is 0. The van der Waals surface area contributed by atoms with Crippen molar-refractivity contribution >= 4 is 44.8 Å². The lowest BCUT2D eigenvalue weighted by Gasteiger charge is -2.24. The maximum absolute atomic E-state index is 13.3. The molecule has 5 nitrogen and oxygen atoms in total. The lowest BCUT2D eigenvalue weighted by molar-refractivity contribution is 0.0772. The summed E-state index contributed by atoms with van der Waals surface area (Å²) in [6.45, 7) is 8.44. The van der Waals surface area contributed by atoms with E-state index in [-0.39, 0.29) is 27.9 Å². The lowest BCUT2D eigenvalue weighted by atomic mass is 10.2. The van der Waals surface area contributed by atoms with Gasteiger partial charge in [-0.15, -0.1) is 6.58 Å². The molecule has 0 radical (unpaired) electrons. The van der Waals surface area contributed by atoms with Crippen molar-refractivity contribution in [3.05, 3.63) is 70.7 Å². The Labute approximate surface area is 176 Å². The number of amides is 1. The minimum absolute atomic E-state index is 0.0362. The van der Waals surface area contributed by atoms with Crippen LogP contribution in [0.25, 0.3) is 0 Å². The van der Waals surface area contributed by atoms with Crippen molar-refractivity contribution in [2.45, 2.75) is 18.7 Å². The number of carbonyl (C=O) groups excluding carboxylic acids is 1. The summed E-state index contributed by atoms with van der Waals surface area (Å²) in [7, 11) is -4.04. The Morgan fingerprint density at radius 1 is 1.07 bits per heavy atom. The van der Waals surface area contributed by atoms with Gasteiger partial charge in [0.1, 0.15) is 4.90 Å². The molecular weight excluding hydrogens is 419 g/mol. The standard InChI is InChI=1S/C20H22Cl2N2O3S/c1-4-13-24(17-10-8-16(21)9-11-17)28(26,27)19-14-15(7-12-18(19)22)20(25)23(5-2)6-3/h4,7-12,14H,1,5-6,13H2,2-3H3. The van der Waals surface area contributed by atoms with Crippen LogP contribution in [0.15, 0.2) is 60.0 Å². The number of nitrogens with zero attached hydrogens (tertiary/aromatic N) is 2. The van der Waals surface area contributed by atoms with E-state index in [4.69, 9.17) is 23.2 Å². The van der Waals surface area contributed by atoms with Gasteiger partial charge in [0.05, 0.1) is 17.3 Å². The summed E-state index contributed by atoms with van der Waals surface area (Å²) in [6, 6.07) is 10.7. The molecule has 0 unspecified atom stereocenters. The topological polar surface area (TPSA) is 57.7 Å². The van der Waals surface area contributed by atoms with Gasteiger partial charge in [0, 0.05) is 23.7 Å². The summed E-state index contributed by atoms with van der Waals surface area (Å²) in [5.41, 5.74) is 0.683. The second-order valence-electron chi connectivity index (χ2n) is 5.92. The minimum atomic E-state index is -4.04. The number of anilines is 1. The highest BCUT2D eigenvalue weighted by molar-refractivity contribution is 7.93. The van der Waals surface area contributed by atoms with Crippen molar-refractivity contribution in [1.82, 2.24) is 4.90 Å². The fourth-order valence-corrected chi connectivity index (χ4v) is 4.78. The molecule has 0 saturated carbocycles. The molecule has 0 fully saturated rings. The number of sulfonamides is 1. The summed E-state index contributed by atoms with van der Waals surface area (Å²) >= 11 is 12.1. The van der Waals surface area contributed by atoms with Gasteiger partial charge in [0.25, 0.3) is 15.9 Å². The molecule has 2 rings (SSSR count). The van der Waals surface area contributed by atoms with Crippen molar-refractivity contribution in [3.8, 4) is 0 Å². The molecular formula is C20H22Cl2N2O3S. The molecule has 0 aliphatic heterocycles. The lowest BCUT2D eigenvalue weighted by Crippen LogP contribution is -2.33. The van der Waals surface area contributed by atoms with E-state index in [9.17, 15) is 13.2 Å². The number of hydrogen-bond acceptors (Lipinski definition) is 3. The van der Waals surface area contributed by atoms with E-state index in [1.165, 1.54) is 28.6 Å². The van der Waals surface area contributed by atoms with Gasteiger partial charge in [-0.2, -0.15) is 0 Å². The molecule has 150 valence electrons. The van der Waals surface area contributed by atoms with Gasteiger partial charge in [-0.1, -0.05) is 29.3 Å². The van der Waals surface area contributed by atoms with Crippen LogP contribution in [0.5, 0.6) is 0 Å². The quantitative estimate of drug-likeness (QED) is 0.550. The Balaban J connectivity index is 2.56. The molecule has 8 heteroatoms. The maximum atomic E-state index is 13.3. The van der Waals surface area contributed by atoms with E-state index in [0.29, 0.717) is 23.8 Å². The Morgan fingerprint density at radius 3 is 2.21 bits per heavy atom. The highest BCUT2D eigenvalue weighted by Gasteiger charge is 2.28. The molecule has 2 aromatic rings. The number of rotatable bonds is 8. The average Bonchev–Trinajstić information content (AvgIpc) is 2.68. The van der Waals surface area contributed by atoms with E-state index >= 15 is 0 Å². The van der Waals surface area contributed by atoms with Gasteiger partial charge in [-0.05, 0) is 56.3 Å². The zero-order chi connectivity index (χ0) is 20.9. The van der Waals surface area contributed by atoms with E-state index in [1.54, 1.807) is 29.2 Å². The van der Waals surface area contributed by atoms with Crippen LogP contribution >= 0.6 is 23.2 Å². The maximum Gasteiger partial charge on any atom is 0.266 e. The monoisotopic (exact) mass is 440 g/mol. The Bertz CT molecular complexity index is 956. The zero-order valence-corrected chi connectivity index (χ0v) is 18.1. The smallest absolute Gasteiger partial charge is 0.266 e. The predicted molar refractivity (Wildman–Crippen MR) is 115 cm³/mol. The number of halogens is 2. The van der Waals surface area contributed by atoms with Crippen molar-refractivity contribution < 1.29 is 13.2 Å². The molecule has 0 aliphatic rings. The van der Waals surface area contributed by atoms with Crippen molar-refractivity contribution in [3.63, 3.8) is 0 Å². The van der Waals surface area contributed by atoms with Crippen molar-refractivity contribution in [2.24, 2.45) is 0 Å². The largest absolute Gasteiger partial charge is 0.339 e. The van der Waals surface area contributed by atoms with Crippen molar-refractivity contribution in [1.29, 1.82) is 0 Å². The third-order valence-electron chi connectivity index (χ3n) is 4.21. The molecule has 0 atom stereocenters. The van der Waals surface area contributed by atoms with Crippen molar-refractivity contribution in [2.75, 3.05) is 23.9 Å². The van der Waals surface area contributed by atoms with E-state index in [2.05, 4.69) is 6.58 Å². The first kappa shape index (κ1) is 22.3. The van der Waals surface area contributed by atoms with Crippen LogP contribution < -0.4 is 4.31 Å². The van der Waals surface area contributed by atoms with Gasteiger partial charge in [0.15, 0.2) is 0 Å². The average molecular weight is 441 g/mol. The van der Waals surface area contributed by atoms with Crippen LogP contribution in [0.1, 0.15) is 24.2 Å². The predicted octanol–water partition coefficient (Wildman–Crippen LogP) is 4.86. The van der Waals surface area contributed by atoms with Gasteiger partial charge < -0.3 is 4.90 Å². The SMILES string of the molecule is C=CCN(c1ccc(Cl)cc1)S(=O)(=O)c1cc(C(=O)N(CC)CC)ccc1Cl. The first-order chi connectivity index (χ1) is 13.3. The second kappa shape index (κ2) is 9.45. The van der Waals surface area contributed by atoms with Crippen LogP contribution in [0.2, 0.25) is 10.0 Å². The molecule has 0 aromatic heterocycles. The van der Waals surface area contributed by atoms with Crippen LogP contribution in [0.4, 0.5) is 5.69 Å². The molecule has 0 bridgehead atoms. The number of benzene rings is 2. The summed E-state index contributed by atoms with van der Waals surface area (Å²) in [5.74, 6) is -0.250. The van der Waals surface area contributed by atoms with Gasteiger partial charge in [-0.3, -0.25) is 9.10 Å². The van der Waals surface area contributed by atoms with Gasteiger partial charge in [0.2, 0.25) is 0 Å². The summed E-state index contributed by atoms with van der Waals surface area (Å²) < 4.78 is 27.9. The third-order valence-corrected chi connectivity index (χ3v) is 6.73. The summed E-state index contributed by atoms with van der Waals surface area (Å²) in [4.78, 5) is 14.1. The Kier molecular flexibility index (Phi) is 7.52. The van der Waals surface area contributed by atoms with Crippen LogP contribution in [0, 0.1) is 0 Å². The molecule has 0 spiro atoms. The first-order valence-corrected chi connectivity index (χ1v) is 10.9. The fourth-order valence-electron chi connectivity index (χ4n) is 2.71. The summed E-state index contributed by atoms with van der Waals surface area (Å²) in [5, 5.41) is 0.531. The molecule has 28 heavy (non-hydrogen) atoms. The molecule has 1 amide bonds. The van der Waals surface area contributed by atoms with E-state index in [1.807, 2.05) is 13.8 Å². The molecule has 0 N–H and O–H groups in total. The van der Waals surface area contributed by atoms with Gasteiger partial charge >= 0.3 is 0 Å². The van der Waals surface area contributed by atoms with E-state index < -0.39 is 10.0 Å². The highest BCUT2D eigenvalue weighted by atomic mass is 35.5. The van der Waals surface area contributed by atoms with Crippen LogP contribution in [-0.2, 0) is 10.0 Å². The molecule has 0 aliphatic carbocycles. The highest BCUT2D eigenvalue weighted by Crippen LogP contribution is 2.30. The summed E-state index contributed by atoms with van der Waals surface area (Å²) in [6.07, 6.45) is 1.48. The normalized spacial score (nSPS) is 11.1. The van der Waals surface area contributed by atoms with Gasteiger partial charge in [-0.25, -0.2) is 8.42 Å². The molecule has 2 aromatic carbocycles. The molecule has 0 saturated heterocycles. The second-order valence-corrected chi connectivity index (χ2v) is 8.60. The minimum Gasteiger partial charge on any atom is -0.339 e. The molecule has 0 heterocycles. The number of carbonyl (C=O) groups is 1. The Hall–Kier alpha value is -2.02. The first-order valence-electron chi connectivity index (χ1n) is 8.74. The fraction of sp³-hybridized carbons (Fsp3) is 0.250. The van der Waals surface area contributed by atoms with Crippen LogP contribution in [0.3, 0.4) is 0 Å².